The number of ether oxygens (including phenoxy) is 1. The quantitative estimate of drug-likeness (QED) is 0.538. The number of rotatable bonds is 6. The monoisotopic (exact) mass is 353 g/mol. The van der Waals surface area contributed by atoms with E-state index in [1.165, 1.54) is 0 Å². The van der Waals surface area contributed by atoms with Crippen LogP contribution in [0.4, 0.5) is 0 Å². The molecule has 0 unspecified atom stereocenters. The lowest BCUT2D eigenvalue weighted by Crippen LogP contribution is -2.26. The fourth-order valence-electron chi connectivity index (χ4n) is 2.98. The lowest BCUT2D eigenvalue weighted by molar-refractivity contribution is -0.154. The Morgan fingerprint density at radius 3 is 2.38 bits per heavy atom. The van der Waals surface area contributed by atoms with Crippen molar-refractivity contribution < 1.29 is 14.6 Å². The summed E-state index contributed by atoms with van der Waals surface area (Å²) in [7, 11) is 0. The van der Waals surface area contributed by atoms with Crippen LogP contribution in [0.1, 0.15) is 32.8 Å². The summed E-state index contributed by atoms with van der Waals surface area (Å²) in [6.45, 7) is 6.10. The van der Waals surface area contributed by atoms with Gasteiger partial charge in [0, 0.05) is 6.42 Å². The molecule has 0 saturated carbocycles. The molecule has 0 aliphatic rings. The van der Waals surface area contributed by atoms with Gasteiger partial charge >= 0.3 is 5.97 Å². The van der Waals surface area contributed by atoms with Crippen molar-refractivity contribution in [1.29, 1.82) is 0 Å². The van der Waals surface area contributed by atoms with Crippen molar-refractivity contribution >= 4 is 17.0 Å². The zero-order chi connectivity index (χ0) is 18.5. The number of carbonyl (C=O) groups is 1. The van der Waals surface area contributed by atoms with Gasteiger partial charge in [0.05, 0.1) is 12.0 Å². The number of para-hydroxylation sites is 2. The van der Waals surface area contributed by atoms with Gasteiger partial charge in [-0.15, -0.1) is 14.1 Å². The molecule has 6 nitrogen and oxygen atoms in total. The predicted octanol–water partition coefficient (Wildman–Crippen LogP) is 3.65. The molecule has 0 fully saturated rings. The molecule has 2 aromatic heterocycles. The van der Waals surface area contributed by atoms with Gasteiger partial charge in [0.25, 0.3) is 0 Å². The van der Waals surface area contributed by atoms with E-state index in [9.17, 15) is 9.90 Å². The smallest absolute Gasteiger partial charge is 0.311 e. The fraction of sp³-hybridized carbons (Fsp3) is 0.350. The second-order valence-corrected chi connectivity index (χ2v) is 7.30. The number of esters is 1. The number of aromatic nitrogens is 3. The Morgan fingerprint density at radius 2 is 1.77 bits per heavy atom. The van der Waals surface area contributed by atoms with Crippen molar-refractivity contribution in [2.24, 2.45) is 5.41 Å². The molecule has 0 atom stereocenters. The van der Waals surface area contributed by atoms with Gasteiger partial charge in [0.15, 0.2) is 0 Å². The first-order valence-electron chi connectivity index (χ1n) is 8.92. The van der Waals surface area contributed by atoms with E-state index in [-0.39, 0.29) is 11.7 Å². The third kappa shape index (κ3) is 2.53. The van der Waals surface area contributed by atoms with Crippen molar-refractivity contribution in [2.75, 3.05) is 6.61 Å². The first-order chi connectivity index (χ1) is 12.4. The predicted molar refractivity (Wildman–Crippen MR) is 99.3 cm³/mol. The second-order valence-electron chi connectivity index (χ2n) is 7.30. The van der Waals surface area contributed by atoms with Crippen LogP contribution in [0.5, 0.6) is 5.75 Å². The molecule has 0 saturated heterocycles. The van der Waals surface area contributed by atoms with E-state index in [0.717, 1.165) is 28.7 Å². The van der Waals surface area contributed by atoms with Crippen molar-refractivity contribution in [3.05, 3.63) is 48.0 Å². The summed E-state index contributed by atoms with van der Waals surface area (Å²) in [5.41, 5.74) is 3.52. The molecule has 0 bridgehead atoms. The fourth-order valence-corrected chi connectivity index (χ4v) is 2.98. The van der Waals surface area contributed by atoms with Crippen LogP contribution >= 0.6 is 0 Å². The number of nitrogens with zero attached hydrogens (tertiary/aromatic N) is 3. The number of hydrogen-bond acceptors (Lipinski definition) is 3. The average molecular weight is 353 g/mol. The first kappa shape index (κ1) is 16.6. The highest BCUT2D eigenvalue weighted by Crippen LogP contribution is 2.31. The minimum absolute atomic E-state index is 0.171. The van der Waals surface area contributed by atoms with Gasteiger partial charge in [0.2, 0.25) is 0 Å². The maximum absolute atomic E-state index is 12.1. The normalized spacial score (nSPS) is 12.4. The Labute approximate surface area is 151 Å². The van der Waals surface area contributed by atoms with Gasteiger partial charge in [-0.05, 0) is 50.1 Å². The number of phenolic OH excluding ortho intramolecular Hbond substituents is 1. The third-order valence-corrected chi connectivity index (χ3v) is 5.14. The van der Waals surface area contributed by atoms with Crippen LogP contribution in [0.2, 0.25) is 0 Å². The van der Waals surface area contributed by atoms with E-state index in [4.69, 9.17) is 4.74 Å². The molecule has 4 rings (SSSR count). The van der Waals surface area contributed by atoms with Gasteiger partial charge in [-0.3, -0.25) is 4.79 Å². The summed E-state index contributed by atoms with van der Waals surface area (Å²) >= 11 is 0. The molecule has 4 aromatic rings. The van der Waals surface area contributed by atoms with Crippen molar-refractivity contribution in [3.8, 4) is 11.4 Å². The topological polar surface area (TPSA) is 60.3 Å². The maximum Gasteiger partial charge on any atom is 0.311 e. The molecule has 0 radical (unpaired) electrons. The summed E-state index contributed by atoms with van der Waals surface area (Å²) < 4.78 is 9.41. The van der Waals surface area contributed by atoms with E-state index in [1.807, 2.05) is 71.2 Å². The van der Waals surface area contributed by atoms with Crippen LogP contribution in [-0.4, -0.2) is 31.7 Å². The number of carbonyl (C=O) groups excluding carboxylic acids is 1. The van der Waals surface area contributed by atoms with E-state index in [1.54, 1.807) is 6.07 Å². The summed E-state index contributed by atoms with van der Waals surface area (Å²) in [6.07, 6.45) is 1.36. The van der Waals surface area contributed by atoms with E-state index in [2.05, 4.69) is 0 Å². The van der Waals surface area contributed by atoms with Crippen molar-refractivity contribution in [3.63, 3.8) is 0 Å². The highest BCUT2D eigenvalue weighted by molar-refractivity contribution is 5.79. The largest absolute Gasteiger partial charge is 0.506 e. The van der Waals surface area contributed by atoms with Crippen LogP contribution in [0.25, 0.3) is 16.7 Å². The SMILES string of the molecule is CCC(C)(C)C(=O)OCCc1ccc(O)c(-n2n3c4ccccc4n23)c1. The van der Waals surface area contributed by atoms with Crippen LogP contribution < -0.4 is 0 Å². The minimum Gasteiger partial charge on any atom is -0.506 e. The third-order valence-electron chi connectivity index (χ3n) is 5.14. The number of aromatic hydroxyl groups is 1. The standard InChI is InChI=1S/C20H23N3O3/c1-4-20(2,3)19(25)26-12-11-14-9-10-18(24)17(13-14)23-21-15-7-5-6-8-16(15)22(21)23/h5-10,13,24H,4,11-12H2,1-3H3. The van der Waals surface area contributed by atoms with Gasteiger partial charge < -0.3 is 9.84 Å². The number of phenols is 1. The van der Waals surface area contributed by atoms with Gasteiger partial charge in [0.1, 0.15) is 22.5 Å². The Hall–Kier alpha value is -2.89. The molecule has 6 heteroatoms. The van der Waals surface area contributed by atoms with E-state index >= 15 is 0 Å². The number of benzene rings is 2. The lowest BCUT2D eigenvalue weighted by atomic mass is 9.91. The molecule has 0 aliphatic heterocycles. The van der Waals surface area contributed by atoms with Gasteiger partial charge in [-0.25, -0.2) is 0 Å². The molecular weight excluding hydrogens is 330 g/mol. The summed E-state index contributed by atoms with van der Waals surface area (Å²) in [5.74, 6) is 0.0498. The number of fused-ring (bicyclic) bond motifs is 4. The van der Waals surface area contributed by atoms with E-state index in [0.29, 0.717) is 13.0 Å². The number of hydrogen-bond donors (Lipinski definition) is 1. The molecule has 2 heterocycles. The average Bonchev–Trinajstić information content (AvgIpc) is 3.29. The Balaban J connectivity index is 1.50. The second kappa shape index (κ2) is 5.83. The summed E-state index contributed by atoms with van der Waals surface area (Å²) in [4.78, 5) is 14.0. The van der Waals surface area contributed by atoms with Crippen molar-refractivity contribution in [1.82, 2.24) is 14.1 Å². The van der Waals surface area contributed by atoms with Gasteiger partial charge in [-0.2, -0.15) is 0 Å². The summed E-state index contributed by atoms with van der Waals surface area (Å²) in [5, 5.41) is 10.3. The molecule has 136 valence electrons. The summed E-state index contributed by atoms with van der Waals surface area (Å²) in [6, 6.07) is 13.6. The zero-order valence-corrected chi connectivity index (χ0v) is 15.3. The van der Waals surface area contributed by atoms with Crippen LogP contribution in [-0.2, 0) is 16.0 Å². The Kier molecular flexibility index (Phi) is 3.72. The molecule has 0 amide bonds. The van der Waals surface area contributed by atoms with Crippen molar-refractivity contribution in [2.45, 2.75) is 33.6 Å². The zero-order valence-electron chi connectivity index (χ0n) is 15.3. The molecule has 26 heavy (non-hydrogen) atoms. The van der Waals surface area contributed by atoms with Gasteiger partial charge in [-0.1, -0.05) is 25.1 Å². The van der Waals surface area contributed by atoms with E-state index < -0.39 is 5.41 Å². The molecular formula is C20H23N3O3. The molecule has 1 N–H and O–H groups in total. The molecule has 0 aliphatic carbocycles. The highest BCUT2D eigenvalue weighted by atomic mass is 16.5. The Bertz CT molecular complexity index is 1030. The first-order valence-corrected chi connectivity index (χ1v) is 8.92. The Morgan fingerprint density at radius 1 is 1.12 bits per heavy atom. The molecule has 2 aromatic carbocycles. The van der Waals surface area contributed by atoms with Crippen LogP contribution in [0, 0.1) is 5.41 Å². The lowest BCUT2D eigenvalue weighted by Gasteiger charge is -2.20. The van der Waals surface area contributed by atoms with Crippen LogP contribution in [0.15, 0.2) is 42.5 Å². The van der Waals surface area contributed by atoms with Crippen LogP contribution in [0.3, 0.4) is 0 Å². The highest BCUT2D eigenvalue weighted by Gasteiger charge is 2.27. The maximum atomic E-state index is 12.1. The minimum atomic E-state index is -0.453. The molecule has 0 spiro atoms.